The predicted octanol–water partition coefficient (Wildman–Crippen LogP) is 3.59. The highest BCUT2D eigenvalue weighted by Gasteiger charge is 2.34. The summed E-state index contributed by atoms with van der Waals surface area (Å²) in [5.74, 6) is 0.118. The number of hydrogen-bond acceptors (Lipinski definition) is 4. The van der Waals surface area contributed by atoms with Gasteiger partial charge in [0.2, 0.25) is 15.9 Å². The lowest BCUT2D eigenvalue weighted by Crippen LogP contribution is -2.44. The van der Waals surface area contributed by atoms with E-state index in [1.54, 1.807) is 4.31 Å². The lowest BCUT2D eigenvalue weighted by molar-refractivity contribution is -0.126. The van der Waals surface area contributed by atoms with Crippen molar-refractivity contribution in [2.45, 2.75) is 72.7 Å². The van der Waals surface area contributed by atoms with E-state index in [9.17, 15) is 13.2 Å². The van der Waals surface area contributed by atoms with Crippen LogP contribution in [0, 0.1) is 53.4 Å². The Labute approximate surface area is 198 Å². The first-order valence-electron chi connectivity index (χ1n) is 11.8. The standard InChI is InChI=1S/C25H38N4O3S/c1-16(15-29-20(5)13-19(4)27-29)14-26-25(30)23-8-10-28(11-9-23)33(31,32)24-21(6)17(2)12-18(3)22(24)7/h12-13,16,23H,8-11,14-15H2,1-7H3,(H,26,30). The van der Waals surface area contributed by atoms with Crippen LogP contribution in [0.3, 0.4) is 0 Å². The van der Waals surface area contributed by atoms with Crippen molar-refractivity contribution >= 4 is 15.9 Å². The van der Waals surface area contributed by atoms with E-state index in [0.29, 0.717) is 37.4 Å². The molecule has 7 nitrogen and oxygen atoms in total. The number of nitrogens with zero attached hydrogens (tertiary/aromatic N) is 3. The number of carbonyl (C=O) groups is 1. The molecule has 0 saturated carbocycles. The van der Waals surface area contributed by atoms with Gasteiger partial charge in [-0.05, 0) is 88.6 Å². The molecule has 182 valence electrons. The van der Waals surface area contributed by atoms with E-state index in [1.807, 2.05) is 58.4 Å². The summed E-state index contributed by atoms with van der Waals surface area (Å²) < 4.78 is 30.4. The maximum Gasteiger partial charge on any atom is 0.243 e. The summed E-state index contributed by atoms with van der Waals surface area (Å²) in [5, 5.41) is 7.56. The zero-order valence-corrected chi connectivity index (χ0v) is 21.8. The summed E-state index contributed by atoms with van der Waals surface area (Å²) in [7, 11) is -3.59. The fourth-order valence-electron chi connectivity index (χ4n) is 4.69. The van der Waals surface area contributed by atoms with Crippen LogP contribution >= 0.6 is 0 Å². The fraction of sp³-hybridized carbons (Fsp3) is 0.600. The first-order chi connectivity index (χ1) is 15.4. The van der Waals surface area contributed by atoms with Crippen LogP contribution in [0.5, 0.6) is 0 Å². The molecule has 2 aromatic rings. The molecule has 1 N–H and O–H groups in total. The number of rotatable bonds is 7. The summed E-state index contributed by atoms with van der Waals surface area (Å²) in [6, 6.07) is 4.09. The van der Waals surface area contributed by atoms with Gasteiger partial charge in [0.1, 0.15) is 0 Å². The number of carbonyl (C=O) groups excluding carboxylic acids is 1. The number of amides is 1. The van der Waals surface area contributed by atoms with Crippen LogP contribution in [0.1, 0.15) is 53.4 Å². The van der Waals surface area contributed by atoms with Crippen molar-refractivity contribution in [3.05, 3.63) is 45.8 Å². The molecule has 8 heteroatoms. The van der Waals surface area contributed by atoms with Crippen LogP contribution in [-0.4, -0.2) is 48.0 Å². The molecule has 3 rings (SSSR count). The average molecular weight is 475 g/mol. The van der Waals surface area contributed by atoms with Crippen LogP contribution in [0.15, 0.2) is 17.0 Å². The quantitative estimate of drug-likeness (QED) is 0.665. The SMILES string of the molecule is Cc1cc(C)n(CC(C)CNC(=O)C2CCN(S(=O)(=O)c3c(C)c(C)cc(C)c3C)CC2)n1. The molecular weight excluding hydrogens is 436 g/mol. The molecule has 1 unspecified atom stereocenters. The molecule has 2 heterocycles. The van der Waals surface area contributed by atoms with E-state index >= 15 is 0 Å². The third kappa shape index (κ3) is 5.49. The lowest BCUT2D eigenvalue weighted by Gasteiger charge is -2.32. The molecule has 1 amide bonds. The summed E-state index contributed by atoms with van der Waals surface area (Å²) in [5.41, 5.74) is 5.72. The van der Waals surface area contributed by atoms with Gasteiger partial charge < -0.3 is 5.32 Å². The molecule has 0 spiro atoms. The van der Waals surface area contributed by atoms with E-state index in [1.165, 1.54) is 0 Å². The van der Waals surface area contributed by atoms with Crippen molar-refractivity contribution in [3.8, 4) is 0 Å². The zero-order valence-electron chi connectivity index (χ0n) is 21.0. The molecule has 0 bridgehead atoms. The van der Waals surface area contributed by atoms with Crippen molar-refractivity contribution in [3.63, 3.8) is 0 Å². The Bertz CT molecular complexity index is 1100. The smallest absolute Gasteiger partial charge is 0.243 e. The van der Waals surface area contributed by atoms with Gasteiger partial charge in [-0.1, -0.05) is 13.0 Å². The fourth-order valence-corrected chi connectivity index (χ4v) is 6.74. The van der Waals surface area contributed by atoms with E-state index in [4.69, 9.17) is 0 Å². The second-order valence-electron chi connectivity index (χ2n) is 9.73. The Morgan fingerprint density at radius 1 is 1.06 bits per heavy atom. The van der Waals surface area contributed by atoms with E-state index in [2.05, 4.69) is 17.3 Å². The number of aromatic nitrogens is 2. The highest BCUT2D eigenvalue weighted by molar-refractivity contribution is 7.89. The van der Waals surface area contributed by atoms with Gasteiger partial charge in [-0.2, -0.15) is 9.40 Å². The minimum Gasteiger partial charge on any atom is -0.356 e. The Kier molecular flexibility index (Phi) is 7.69. The monoisotopic (exact) mass is 474 g/mol. The van der Waals surface area contributed by atoms with Gasteiger partial charge in [0, 0.05) is 37.8 Å². The second kappa shape index (κ2) is 9.97. The highest BCUT2D eigenvalue weighted by atomic mass is 32.2. The number of sulfonamides is 1. The van der Waals surface area contributed by atoms with Gasteiger partial charge in [-0.3, -0.25) is 9.48 Å². The number of benzene rings is 1. The van der Waals surface area contributed by atoms with Gasteiger partial charge in [-0.25, -0.2) is 8.42 Å². The Hall–Kier alpha value is -2.19. The van der Waals surface area contributed by atoms with Crippen LogP contribution in [0.4, 0.5) is 0 Å². The molecule has 1 aliphatic heterocycles. The highest BCUT2D eigenvalue weighted by Crippen LogP contribution is 2.31. The maximum atomic E-state index is 13.4. The molecule has 1 atom stereocenters. The molecule has 33 heavy (non-hydrogen) atoms. The first kappa shape index (κ1) is 25.4. The van der Waals surface area contributed by atoms with Crippen molar-refractivity contribution in [1.29, 1.82) is 0 Å². The van der Waals surface area contributed by atoms with Crippen LogP contribution in [0.25, 0.3) is 0 Å². The van der Waals surface area contributed by atoms with Crippen LogP contribution < -0.4 is 5.32 Å². The van der Waals surface area contributed by atoms with Gasteiger partial charge in [0.25, 0.3) is 0 Å². The van der Waals surface area contributed by atoms with Crippen molar-refractivity contribution in [2.24, 2.45) is 11.8 Å². The van der Waals surface area contributed by atoms with Crippen molar-refractivity contribution < 1.29 is 13.2 Å². The van der Waals surface area contributed by atoms with E-state index in [0.717, 1.165) is 40.2 Å². The van der Waals surface area contributed by atoms with Crippen LogP contribution in [0.2, 0.25) is 0 Å². The molecule has 1 aromatic carbocycles. The molecular formula is C25H38N4O3S. The topological polar surface area (TPSA) is 84.3 Å². The molecule has 0 aliphatic carbocycles. The minimum absolute atomic E-state index is 0.0195. The average Bonchev–Trinajstić information content (AvgIpc) is 3.07. The Morgan fingerprint density at radius 3 is 2.15 bits per heavy atom. The van der Waals surface area contributed by atoms with Crippen molar-refractivity contribution in [1.82, 2.24) is 19.4 Å². The third-order valence-corrected chi connectivity index (χ3v) is 9.11. The number of hydrogen-bond donors (Lipinski definition) is 1. The van der Waals surface area contributed by atoms with Gasteiger partial charge >= 0.3 is 0 Å². The number of aryl methyl sites for hydroxylation is 4. The van der Waals surface area contributed by atoms with Gasteiger partial charge in [-0.15, -0.1) is 0 Å². The Balaban J connectivity index is 1.57. The van der Waals surface area contributed by atoms with Crippen molar-refractivity contribution in [2.75, 3.05) is 19.6 Å². The lowest BCUT2D eigenvalue weighted by atomic mass is 9.97. The first-order valence-corrected chi connectivity index (χ1v) is 13.2. The third-order valence-electron chi connectivity index (χ3n) is 6.93. The molecule has 0 radical (unpaired) electrons. The van der Waals surface area contributed by atoms with Crippen LogP contribution in [-0.2, 0) is 21.4 Å². The molecule has 1 aromatic heterocycles. The Morgan fingerprint density at radius 2 is 1.64 bits per heavy atom. The summed E-state index contributed by atoms with van der Waals surface area (Å²) >= 11 is 0. The number of nitrogens with one attached hydrogen (secondary N) is 1. The minimum atomic E-state index is -3.59. The molecule has 1 saturated heterocycles. The summed E-state index contributed by atoms with van der Waals surface area (Å²) in [4.78, 5) is 13.2. The number of piperidine rings is 1. The van der Waals surface area contributed by atoms with E-state index in [-0.39, 0.29) is 17.7 Å². The molecule has 1 aliphatic rings. The van der Waals surface area contributed by atoms with Gasteiger partial charge in [0.05, 0.1) is 10.6 Å². The predicted molar refractivity (Wildman–Crippen MR) is 131 cm³/mol. The van der Waals surface area contributed by atoms with E-state index < -0.39 is 10.0 Å². The van der Waals surface area contributed by atoms with Gasteiger partial charge in [0.15, 0.2) is 0 Å². The zero-order chi connectivity index (χ0) is 24.5. The largest absolute Gasteiger partial charge is 0.356 e. The maximum absolute atomic E-state index is 13.4. The summed E-state index contributed by atoms with van der Waals surface area (Å²) in [6.45, 7) is 15.8. The molecule has 1 fully saturated rings. The summed E-state index contributed by atoms with van der Waals surface area (Å²) in [6.07, 6.45) is 1.08. The normalized spacial score (nSPS) is 16.7. The second-order valence-corrected chi connectivity index (χ2v) is 11.6.